The van der Waals surface area contributed by atoms with Crippen molar-refractivity contribution in [2.45, 2.75) is 37.3 Å². The summed E-state index contributed by atoms with van der Waals surface area (Å²) < 4.78 is 5.68. The van der Waals surface area contributed by atoms with Crippen LogP contribution in [0.4, 0.5) is 5.82 Å². The monoisotopic (exact) mass is 543 g/mol. The van der Waals surface area contributed by atoms with Crippen LogP contribution in [-0.4, -0.2) is 77.9 Å². The Balaban J connectivity index is 0.00000171. The van der Waals surface area contributed by atoms with E-state index in [0.29, 0.717) is 50.8 Å². The van der Waals surface area contributed by atoms with Gasteiger partial charge < -0.3 is 25.0 Å². The highest BCUT2D eigenvalue weighted by Crippen LogP contribution is 2.42. The number of fused-ring (bicyclic) bond motifs is 1. The van der Waals surface area contributed by atoms with Gasteiger partial charge in [0.15, 0.2) is 0 Å². The molecule has 0 spiro atoms. The van der Waals surface area contributed by atoms with E-state index in [0.717, 1.165) is 29.2 Å². The van der Waals surface area contributed by atoms with E-state index >= 15 is 0 Å². The maximum atomic E-state index is 13.7. The molecule has 2 fully saturated rings. The van der Waals surface area contributed by atoms with Gasteiger partial charge in [-0.25, -0.2) is 9.97 Å². The van der Waals surface area contributed by atoms with Crippen LogP contribution in [0, 0.1) is 0 Å². The zero-order valence-corrected chi connectivity index (χ0v) is 22.0. The smallest absolute Gasteiger partial charge is 0.231 e. The first-order chi connectivity index (χ1) is 16.0. The molecule has 8 nitrogen and oxygen atoms in total. The molecule has 3 heterocycles. The van der Waals surface area contributed by atoms with Gasteiger partial charge in [-0.1, -0.05) is 30.7 Å². The van der Waals surface area contributed by atoms with E-state index in [-0.39, 0.29) is 48.6 Å². The number of carbonyl (C=O) groups is 1. The summed E-state index contributed by atoms with van der Waals surface area (Å²) in [5.74, 6) is 0.898. The summed E-state index contributed by atoms with van der Waals surface area (Å²) in [6.07, 6.45) is 1.70. The van der Waals surface area contributed by atoms with E-state index in [1.807, 2.05) is 29.2 Å². The lowest BCUT2D eigenvalue weighted by molar-refractivity contribution is -0.134. The van der Waals surface area contributed by atoms with Gasteiger partial charge >= 0.3 is 0 Å². The lowest BCUT2D eigenvalue weighted by atomic mass is 9.89. The van der Waals surface area contributed by atoms with Crippen molar-refractivity contribution in [1.29, 1.82) is 0 Å². The second-order valence-corrected chi connectivity index (χ2v) is 9.56. The Morgan fingerprint density at radius 3 is 2.54 bits per heavy atom. The normalized spacial score (nSPS) is 24.7. The van der Waals surface area contributed by atoms with Crippen LogP contribution in [0.3, 0.4) is 0 Å². The van der Waals surface area contributed by atoms with Crippen LogP contribution in [-0.2, 0) is 9.53 Å². The number of amides is 1. The van der Waals surface area contributed by atoms with Gasteiger partial charge in [0.05, 0.1) is 30.9 Å². The van der Waals surface area contributed by atoms with Crippen LogP contribution in [0.25, 0.3) is 0 Å². The van der Waals surface area contributed by atoms with Crippen LogP contribution < -0.4 is 10.2 Å². The van der Waals surface area contributed by atoms with Gasteiger partial charge in [0.2, 0.25) is 5.91 Å². The van der Waals surface area contributed by atoms with Gasteiger partial charge in [0, 0.05) is 49.4 Å². The van der Waals surface area contributed by atoms with Crippen molar-refractivity contribution in [1.82, 2.24) is 20.2 Å². The molecule has 192 valence electrons. The van der Waals surface area contributed by atoms with Crippen molar-refractivity contribution < 1.29 is 14.6 Å². The third-order valence-electron chi connectivity index (χ3n) is 7.02. The van der Waals surface area contributed by atoms with Crippen LogP contribution in [0.2, 0.25) is 5.02 Å². The molecule has 0 radical (unpaired) electrons. The fourth-order valence-corrected chi connectivity index (χ4v) is 5.43. The Hall–Kier alpha value is -1.68. The zero-order chi connectivity index (χ0) is 22.9. The van der Waals surface area contributed by atoms with E-state index < -0.39 is 6.10 Å². The predicted molar refractivity (Wildman–Crippen MR) is 140 cm³/mol. The first-order valence-electron chi connectivity index (χ1n) is 11.7. The summed E-state index contributed by atoms with van der Waals surface area (Å²) in [5.41, 5.74) is 2.75. The Morgan fingerprint density at radius 1 is 1.17 bits per heavy atom. The molecule has 2 N–H and O–H groups in total. The summed E-state index contributed by atoms with van der Waals surface area (Å²) in [5, 5.41) is 14.4. The minimum Gasteiger partial charge on any atom is -0.387 e. The number of anilines is 1. The van der Waals surface area contributed by atoms with Crippen molar-refractivity contribution >= 4 is 48.1 Å². The number of hydrogen-bond acceptors (Lipinski definition) is 7. The number of halogens is 3. The molecule has 4 atom stereocenters. The summed E-state index contributed by atoms with van der Waals surface area (Å²) in [6.45, 7) is 6.63. The lowest BCUT2D eigenvalue weighted by Gasteiger charge is -2.40. The SMILES string of the molecule is C[C@@H]1C[C@H](O)c2ncnc(N3CCN(C(=O)[C@@H](c4ccc(Cl)cc4)[C@@H]4COCCN4)CC3)c21.Cl.Cl. The van der Waals surface area contributed by atoms with E-state index in [1.54, 1.807) is 0 Å². The predicted octanol–water partition coefficient (Wildman–Crippen LogP) is 2.94. The summed E-state index contributed by atoms with van der Waals surface area (Å²) >= 11 is 6.10. The molecule has 35 heavy (non-hydrogen) atoms. The van der Waals surface area contributed by atoms with Crippen molar-refractivity contribution in [3.63, 3.8) is 0 Å². The molecule has 0 unspecified atom stereocenters. The van der Waals surface area contributed by atoms with Crippen LogP contribution in [0.1, 0.15) is 48.1 Å². The van der Waals surface area contributed by atoms with E-state index in [2.05, 4.69) is 27.1 Å². The number of nitrogens with zero attached hydrogens (tertiary/aromatic N) is 4. The van der Waals surface area contributed by atoms with Crippen LogP contribution in [0.15, 0.2) is 30.6 Å². The van der Waals surface area contributed by atoms with Crippen molar-refractivity contribution in [2.75, 3.05) is 50.8 Å². The number of hydrogen-bond donors (Lipinski definition) is 2. The zero-order valence-electron chi connectivity index (χ0n) is 19.6. The first kappa shape index (κ1) is 27.9. The molecular weight excluding hydrogens is 513 g/mol. The second-order valence-electron chi connectivity index (χ2n) is 9.13. The quantitative estimate of drug-likeness (QED) is 0.612. The second kappa shape index (κ2) is 12.0. The Bertz CT molecular complexity index is 998. The minimum absolute atomic E-state index is 0. The van der Waals surface area contributed by atoms with E-state index in [1.165, 1.54) is 6.33 Å². The molecule has 2 aliphatic heterocycles. The molecule has 1 amide bonds. The number of carbonyl (C=O) groups excluding carboxylic acids is 1. The standard InChI is InChI=1S/C24H30ClN5O3.2ClH/c1-15-12-19(31)22-20(15)23(28-14-27-22)29-7-9-30(10-8-29)24(32)21(18-13-33-11-6-26-18)16-2-4-17(25)5-3-16;;/h2-5,14-15,18-19,21,26,31H,6-13H2,1H3;2*1H/t15-,18+,19+,21+;;/m1../s1. The molecule has 5 rings (SSSR count). The Labute approximate surface area is 223 Å². The number of piperazine rings is 1. The van der Waals surface area contributed by atoms with E-state index in [9.17, 15) is 9.90 Å². The molecule has 0 bridgehead atoms. The lowest BCUT2D eigenvalue weighted by Crippen LogP contribution is -2.55. The molecule has 1 aromatic carbocycles. The molecule has 1 aromatic heterocycles. The van der Waals surface area contributed by atoms with Gasteiger partial charge in [0.1, 0.15) is 12.1 Å². The number of aliphatic hydroxyl groups excluding tert-OH is 1. The highest BCUT2D eigenvalue weighted by Gasteiger charge is 2.37. The van der Waals surface area contributed by atoms with Crippen molar-refractivity contribution in [3.8, 4) is 0 Å². The van der Waals surface area contributed by atoms with Gasteiger partial charge in [-0.3, -0.25) is 4.79 Å². The molecule has 0 saturated carbocycles. The largest absolute Gasteiger partial charge is 0.387 e. The minimum atomic E-state index is -0.523. The summed E-state index contributed by atoms with van der Waals surface area (Å²) in [7, 11) is 0. The molecule has 3 aliphatic rings. The maximum Gasteiger partial charge on any atom is 0.231 e. The average molecular weight is 545 g/mol. The Morgan fingerprint density at radius 2 is 1.89 bits per heavy atom. The molecular formula is C24H32Cl3N5O3. The molecule has 2 saturated heterocycles. The highest BCUT2D eigenvalue weighted by molar-refractivity contribution is 6.30. The number of morpholine rings is 1. The first-order valence-corrected chi connectivity index (χ1v) is 12.0. The van der Waals surface area contributed by atoms with Gasteiger partial charge in [-0.2, -0.15) is 0 Å². The number of ether oxygens (including phenoxy) is 1. The van der Waals surface area contributed by atoms with Gasteiger partial charge in [-0.15, -0.1) is 24.8 Å². The fourth-order valence-electron chi connectivity index (χ4n) is 5.31. The molecule has 11 heteroatoms. The number of aromatic nitrogens is 2. The topological polar surface area (TPSA) is 90.8 Å². The average Bonchev–Trinajstić information content (AvgIpc) is 3.15. The number of rotatable bonds is 4. The maximum absolute atomic E-state index is 13.7. The number of nitrogens with one attached hydrogen (secondary N) is 1. The van der Waals surface area contributed by atoms with Crippen molar-refractivity contribution in [2.24, 2.45) is 0 Å². The van der Waals surface area contributed by atoms with Gasteiger partial charge in [-0.05, 0) is 30.0 Å². The molecule has 1 aliphatic carbocycles. The molecule has 2 aromatic rings. The summed E-state index contributed by atoms with van der Waals surface area (Å²) in [6, 6.07) is 7.48. The van der Waals surface area contributed by atoms with Crippen LogP contribution >= 0.6 is 36.4 Å². The third kappa shape index (κ3) is 5.68. The number of benzene rings is 1. The van der Waals surface area contributed by atoms with Crippen molar-refractivity contribution in [3.05, 3.63) is 52.4 Å². The summed E-state index contributed by atoms with van der Waals surface area (Å²) in [4.78, 5) is 26.8. The number of aliphatic hydroxyl groups is 1. The fraction of sp³-hybridized carbons (Fsp3) is 0.542. The Kier molecular flexibility index (Phi) is 9.60. The third-order valence-corrected chi connectivity index (χ3v) is 7.27. The highest BCUT2D eigenvalue weighted by atomic mass is 35.5. The van der Waals surface area contributed by atoms with Gasteiger partial charge in [0.25, 0.3) is 0 Å². The van der Waals surface area contributed by atoms with E-state index in [4.69, 9.17) is 16.3 Å². The van der Waals surface area contributed by atoms with Crippen LogP contribution in [0.5, 0.6) is 0 Å².